The van der Waals surface area contributed by atoms with Gasteiger partial charge in [0.2, 0.25) is 0 Å². The molecular weight excluding hydrogens is 348 g/mol. The van der Waals surface area contributed by atoms with Gasteiger partial charge in [-0.3, -0.25) is 4.79 Å². The van der Waals surface area contributed by atoms with Gasteiger partial charge in [0, 0.05) is 11.4 Å². The van der Waals surface area contributed by atoms with E-state index in [4.69, 9.17) is 4.74 Å². The number of thiophene rings is 1. The molecule has 0 atom stereocenters. The summed E-state index contributed by atoms with van der Waals surface area (Å²) in [6, 6.07) is 6.72. The monoisotopic (exact) mass is 369 g/mol. The summed E-state index contributed by atoms with van der Waals surface area (Å²) in [5.41, 5.74) is 1.90. The minimum atomic E-state index is -2.92. The number of alkyl halides is 2. The van der Waals surface area contributed by atoms with Gasteiger partial charge in [0.1, 0.15) is 0 Å². The molecule has 1 aromatic carbocycles. The van der Waals surface area contributed by atoms with Crippen LogP contribution in [0.2, 0.25) is 0 Å². The zero-order valence-electron chi connectivity index (χ0n) is 14.4. The minimum Gasteiger partial charge on any atom is -0.493 e. The average Bonchev–Trinajstić information content (AvgIpc) is 2.95. The Balaban J connectivity index is 1.95. The third kappa shape index (κ3) is 5.16. The molecule has 0 radical (unpaired) electrons. The Bertz CT molecular complexity index is 731. The molecule has 25 heavy (non-hydrogen) atoms. The highest BCUT2D eigenvalue weighted by Crippen LogP contribution is 2.29. The lowest BCUT2D eigenvalue weighted by atomic mass is 10.1. The van der Waals surface area contributed by atoms with Crippen LogP contribution < -0.4 is 14.8 Å². The van der Waals surface area contributed by atoms with E-state index in [0.717, 1.165) is 17.5 Å². The lowest BCUT2D eigenvalue weighted by molar-refractivity contribution is -0.0512. The SMILES string of the molecule is CCc1sc(C(=O)NCCc2ccc(OC)c(OC(F)F)c2)cc1C. The molecular formula is C18H21F2NO3S. The van der Waals surface area contributed by atoms with Crippen LogP contribution >= 0.6 is 11.3 Å². The first-order valence-electron chi connectivity index (χ1n) is 7.93. The van der Waals surface area contributed by atoms with Crippen molar-refractivity contribution >= 4 is 17.2 Å². The zero-order chi connectivity index (χ0) is 18.4. The molecule has 1 aromatic heterocycles. The normalized spacial score (nSPS) is 10.8. The van der Waals surface area contributed by atoms with Crippen LogP contribution in [0.15, 0.2) is 24.3 Å². The number of carbonyl (C=O) groups excluding carboxylic acids is 1. The molecule has 7 heteroatoms. The lowest BCUT2D eigenvalue weighted by Gasteiger charge is -2.11. The number of rotatable bonds is 8. The van der Waals surface area contributed by atoms with Crippen LogP contribution in [0.4, 0.5) is 8.78 Å². The van der Waals surface area contributed by atoms with Crippen molar-refractivity contribution in [3.8, 4) is 11.5 Å². The molecule has 0 saturated carbocycles. The van der Waals surface area contributed by atoms with Gasteiger partial charge in [0.25, 0.3) is 5.91 Å². The molecule has 2 aromatic rings. The maximum Gasteiger partial charge on any atom is 0.387 e. The zero-order valence-corrected chi connectivity index (χ0v) is 15.2. The number of methoxy groups -OCH3 is 1. The van der Waals surface area contributed by atoms with Gasteiger partial charge in [-0.25, -0.2) is 0 Å². The third-order valence-electron chi connectivity index (χ3n) is 3.71. The average molecular weight is 369 g/mol. The summed E-state index contributed by atoms with van der Waals surface area (Å²) in [6.45, 7) is 1.54. The summed E-state index contributed by atoms with van der Waals surface area (Å²) in [5.74, 6) is 0.113. The van der Waals surface area contributed by atoms with E-state index in [1.54, 1.807) is 12.1 Å². The number of ether oxygens (including phenoxy) is 2. The van der Waals surface area contributed by atoms with Crippen LogP contribution in [0.5, 0.6) is 11.5 Å². The van der Waals surface area contributed by atoms with Crippen LogP contribution in [-0.2, 0) is 12.8 Å². The Hall–Kier alpha value is -2.15. The topological polar surface area (TPSA) is 47.6 Å². The fourth-order valence-electron chi connectivity index (χ4n) is 2.45. The van der Waals surface area contributed by atoms with Crippen molar-refractivity contribution in [3.05, 3.63) is 45.1 Å². The molecule has 0 unspecified atom stereocenters. The van der Waals surface area contributed by atoms with E-state index in [1.807, 2.05) is 13.0 Å². The highest BCUT2D eigenvalue weighted by Gasteiger charge is 2.13. The molecule has 0 aliphatic heterocycles. The molecule has 0 fully saturated rings. The molecule has 0 aliphatic carbocycles. The Morgan fingerprint density at radius 3 is 2.64 bits per heavy atom. The van der Waals surface area contributed by atoms with Crippen molar-refractivity contribution < 1.29 is 23.0 Å². The van der Waals surface area contributed by atoms with Crippen molar-refractivity contribution in [3.63, 3.8) is 0 Å². The van der Waals surface area contributed by atoms with Gasteiger partial charge in [-0.2, -0.15) is 8.78 Å². The first-order valence-corrected chi connectivity index (χ1v) is 8.75. The molecule has 0 aliphatic rings. The van der Waals surface area contributed by atoms with Crippen molar-refractivity contribution in [2.24, 2.45) is 0 Å². The van der Waals surface area contributed by atoms with E-state index in [1.165, 1.54) is 29.4 Å². The van der Waals surface area contributed by atoms with E-state index in [0.29, 0.717) is 17.8 Å². The summed E-state index contributed by atoms with van der Waals surface area (Å²) in [5, 5.41) is 2.85. The predicted octanol–water partition coefficient (Wildman–Crippen LogP) is 4.20. The number of amides is 1. The van der Waals surface area contributed by atoms with Crippen molar-refractivity contribution in [2.45, 2.75) is 33.3 Å². The summed E-state index contributed by atoms with van der Waals surface area (Å²) in [6.07, 6.45) is 1.41. The Labute approximate surface area is 149 Å². The fourth-order valence-corrected chi connectivity index (χ4v) is 3.49. The number of benzene rings is 1. The van der Waals surface area contributed by atoms with Crippen molar-refractivity contribution in [2.75, 3.05) is 13.7 Å². The van der Waals surface area contributed by atoms with Gasteiger partial charge in [0.05, 0.1) is 12.0 Å². The van der Waals surface area contributed by atoms with E-state index in [2.05, 4.69) is 17.0 Å². The standard InChI is InChI=1S/C18H21F2NO3S/c1-4-15-11(2)9-16(25-15)17(22)21-8-7-12-5-6-13(23-3)14(10-12)24-18(19)20/h5-6,9-10,18H,4,7-8H2,1-3H3,(H,21,22). The Kier molecular flexibility index (Phi) is 6.75. The quantitative estimate of drug-likeness (QED) is 0.759. The number of aryl methyl sites for hydroxylation is 2. The summed E-state index contributed by atoms with van der Waals surface area (Å²) in [4.78, 5) is 14.1. The number of carbonyl (C=O) groups is 1. The highest BCUT2D eigenvalue weighted by molar-refractivity contribution is 7.14. The molecule has 1 N–H and O–H groups in total. The van der Waals surface area contributed by atoms with E-state index >= 15 is 0 Å². The van der Waals surface area contributed by atoms with Gasteiger partial charge in [-0.15, -0.1) is 11.3 Å². The van der Waals surface area contributed by atoms with Crippen molar-refractivity contribution in [1.82, 2.24) is 5.32 Å². The smallest absolute Gasteiger partial charge is 0.387 e. The highest BCUT2D eigenvalue weighted by atomic mass is 32.1. The maximum atomic E-state index is 12.4. The van der Waals surface area contributed by atoms with Crippen molar-refractivity contribution in [1.29, 1.82) is 0 Å². The van der Waals surface area contributed by atoms with E-state index in [-0.39, 0.29) is 17.4 Å². The molecule has 4 nitrogen and oxygen atoms in total. The molecule has 0 bridgehead atoms. The van der Waals surface area contributed by atoms with Crippen LogP contribution in [0.25, 0.3) is 0 Å². The number of nitrogens with one attached hydrogen (secondary N) is 1. The van der Waals surface area contributed by atoms with Crippen LogP contribution in [0.1, 0.15) is 32.6 Å². The van der Waals surface area contributed by atoms with Crippen LogP contribution in [-0.4, -0.2) is 26.2 Å². The number of halogens is 2. The predicted molar refractivity (Wildman–Crippen MR) is 94.1 cm³/mol. The van der Waals surface area contributed by atoms with Crippen LogP contribution in [0.3, 0.4) is 0 Å². The minimum absolute atomic E-state index is 0.0113. The second-order valence-electron chi connectivity index (χ2n) is 5.44. The Morgan fingerprint density at radius 1 is 1.28 bits per heavy atom. The maximum absolute atomic E-state index is 12.4. The van der Waals surface area contributed by atoms with Gasteiger partial charge >= 0.3 is 6.61 Å². The summed E-state index contributed by atoms with van der Waals surface area (Å²) < 4.78 is 34.3. The van der Waals surface area contributed by atoms with Gasteiger partial charge < -0.3 is 14.8 Å². The number of hydrogen-bond acceptors (Lipinski definition) is 4. The Morgan fingerprint density at radius 2 is 2.04 bits per heavy atom. The first kappa shape index (κ1) is 19.2. The molecule has 1 amide bonds. The van der Waals surface area contributed by atoms with Gasteiger partial charge in [0.15, 0.2) is 11.5 Å². The van der Waals surface area contributed by atoms with E-state index in [9.17, 15) is 13.6 Å². The summed E-state index contributed by atoms with van der Waals surface area (Å²) in [7, 11) is 1.39. The van der Waals surface area contributed by atoms with Gasteiger partial charge in [-0.05, 0) is 49.1 Å². The first-order chi connectivity index (χ1) is 11.9. The molecule has 0 saturated heterocycles. The lowest BCUT2D eigenvalue weighted by Crippen LogP contribution is -2.24. The second-order valence-corrected chi connectivity index (χ2v) is 6.58. The molecule has 2 rings (SSSR count). The number of hydrogen-bond donors (Lipinski definition) is 1. The molecule has 1 heterocycles. The molecule has 0 spiro atoms. The van der Waals surface area contributed by atoms with Gasteiger partial charge in [-0.1, -0.05) is 13.0 Å². The largest absolute Gasteiger partial charge is 0.493 e. The fraction of sp³-hybridized carbons (Fsp3) is 0.389. The molecule has 136 valence electrons. The van der Waals surface area contributed by atoms with Crippen LogP contribution in [0, 0.1) is 6.92 Å². The summed E-state index contributed by atoms with van der Waals surface area (Å²) >= 11 is 1.50. The van der Waals surface area contributed by atoms with E-state index < -0.39 is 6.61 Å². The third-order valence-corrected chi connectivity index (χ3v) is 5.09. The second kappa shape index (κ2) is 8.80.